The summed E-state index contributed by atoms with van der Waals surface area (Å²) in [5, 5.41) is 0.503. The number of para-hydroxylation sites is 1. The second kappa shape index (κ2) is 9.05. The number of aromatic nitrogens is 2. The van der Waals surface area contributed by atoms with E-state index in [0.717, 1.165) is 12.1 Å². The van der Waals surface area contributed by atoms with Gasteiger partial charge in [0.25, 0.3) is 11.5 Å². The van der Waals surface area contributed by atoms with Gasteiger partial charge < -0.3 is 4.90 Å². The van der Waals surface area contributed by atoms with Gasteiger partial charge in [-0.3, -0.25) is 14.2 Å². The lowest BCUT2D eigenvalue weighted by Gasteiger charge is -2.34. The first-order valence-electron chi connectivity index (χ1n) is 11.0. The Bertz CT molecular complexity index is 1560. The van der Waals surface area contributed by atoms with Crippen molar-refractivity contribution in [2.45, 2.75) is 4.90 Å². The van der Waals surface area contributed by atoms with Crippen molar-refractivity contribution in [1.82, 2.24) is 18.8 Å². The number of halogens is 1. The molecule has 1 aromatic heterocycles. The topological polar surface area (TPSA) is 92.6 Å². The lowest BCUT2D eigenvalue weighted by molar-refractivity contribution is 0.0698. The molecule has 10 heteroatoms. The number of carbonyl (C=O) groups excluding carboxylic acids is 1. The molecule has 1 amide bonds. The Balaban J connectivity index is 1.28. The average molecular weight is 493 g/mol. The highest BCUT2D eigenvalue weighted by molar-refractivity contribution is 7.89. The summed E-state index contributed by atoms with van der Waals surface area (Å²) in [6.07, 6.45) is 1.46. The van der Waals surface area contributed by atoms with E-state index in [1.165, 1.54) is 27.3 Å². The van der Waals surface area contributed by atoms with Gasteiger partial charge in [-0.1, -0.05) is 12.1 Å². The molecule has 1 fully saturated rings. The van der Waals surface area contributed by atoms with Crippen LogP contribution in [0.4, 0.5) is 4.39 Å². The maximum atomic E-state index is 13.1. The van der Waals surface area contributed by atoms with E-state index in [-0.39, 0.29) is 42.5 Å². The van der Waals surface area contributed by atoms with Crippen LogP contribution in [0.5, 0.6) is 0 Å². The first-order chi connectivity index (χ1) is 16.8. The third-order valence-electron chi connectivity index (χ3n) is 6.04. The highest BCUT2D eigenvalue weighted by atomic mass is 32.2. The van der Waals surface area contributed by atoms with Crippen LogP contribution in [0.1, 0.15) is 10.4 Å². The predicted octanol–water partition coefficient (Wildman–Crippen LogP) is 2.67. The van der Waals surface area contributed by atoms with Crippen molar-refractivity contribution in [2.75, 3.05) is 26.2 Å². The van der Waals surface area contributed by atoms with Gasteiger partial charge >= 0.3 is 0 Å². The molecule has 0 N–H and O–H groups in total. The Kier molecular flexibility index (Phi) is 5.91. The van der Waals surface area contributed by atoms with E-state index >= 15 is 0 Å². The molecule has 1 aliphatic rings. The van der Waals surface area contributed by atoms with Crippen molar-refractivity contribution in [3.63, 3.8) is 0 Å². The molecule has 1 aliphatic heterocycles. The number of amides is 1. The van der Waals surface area contributed by atoms with Crippen molar-refractivity contribution >= 4 is 26.8 Å². The summed E-state index contributed by atoms with van der Waals surface area (Å²) in [6.45, 7) is 0.744. The van der Waals surface area contributed by atoms with Gasteiger partial charge in [0.2, 0.25) is 10.0 Å². The molecule has 35 heavy (non-hydrogen) atoms. The molecule has 0 atom stereocenters. The SMILES string of the molecule is O=C(c1ccc(-n2cnc3ccccc3c2=O)cc1)N1CCN(S(=O)(=O)c2ccc(F)cc2)CC1. The minimum Gasteiger partial charge on any atom is -0.336 e. The van der Waals surface area contributed by atoms with Gasteiger partial charge in [0, 0.05) is 31.7 Å². The molecule has 0 spiro atoms. The number of hydrogen-bond donors (Lipinski definition) is 0. The summed E-state index contributed by atoms with van der Waals surface area (Å²) in [5.74, 6) is -0.730. The normalized spacial score (nSPS) is 14.8. The van der Waals surface area contributed by atoms with Crippen LogP contribution in [0.25, 0.3) is 16.6 Å². The predicted molar refractivity (Wildman–Crippen MR) is 128 cm³/mol. The monoisotopic (exact) mass is 492 g/mol. The third-order valence-corrected chi connectivity index (χ3v) is 7.95. The number of piperazine rings is 1. The molecule has 2 heterocycles. The van der Waals surface area contributed by atoms with Gasteiger partial charge in [0.15, 0.2) is 0 Å². The molecule has 8 nitrogen and oxygen atoms in total. The van der Waals surface area contributed by atoms with E-state index in [1.54, 1.807) is 47.4 Å². The number of nitrogens with zero attached hydrogens (tertiary/aromatic N) is 4. The molecule has 4 aromatic rings. The van der Waals surface area contributed by atoms with E-state index < -0.39 is 15.8 Å². The zero-order valence-corrected chi connectivity index (χ0v) is 19.4. The molecule has 0 bridgehead atoms. The second-order valence-corrected chi connectivity index (χ2v) is 10.1. The second-order valence-electron chi connectivity index (χ2n) is 8.13. The Labute approximate surface area is 200 Å². The number of hydrogen-bond acceptors (Lipinski definition) is 5. The molecule has 0 unspecified atom stereocenters. The number of benzene rings is 3. The number of carbonyl (C=O) groups is 1. The zero-order valence-electron chi connectivity index (χ0n) is 18.5. The minimum absolute atomic E-state index is 0.0210. The standard InChI is InChI=1S/C25H21FN4O4S/c26-19-7-11-21(12-8-19)35(33,34)29-15-13-28(14-16-29)24(31)18-5-9-20(10-6-18)30-17-27-23-4-2-1-3-22(23)25(30)32/h1-12,17H,13-16H2. The largest absolute Gasteiger partial charge is 0.336 e. The van der Waals surface area contributed by atoms with E-state index in [4.69, 9.17) is 0 Å². The molecule has 5 rings (SSSR count). The Hall–Kier alpha value is -3.89. The van der Waals surface area contributed by atoms with Crippen molar-refractivity contribution in [3.8, 4) is 5.69 Å². The molecule has 0 radical (unpaired) electrons. The van der Waals surface area contributed by atoms with Crippen molar-refractivity contribution in [1.29, 1.82) is 0 Å². The summed E-state index contributed by atoms with van der Waals surface area (Å²) in [7, 11) is -3.76. The Morgan fingerprint density at radius 2 is 1.51 bits per heavy atom. The van der Waals surface area contributed by atoms with Crippen LogP contribution in [0, 0.1) is 5.82 Å². The van der Waals surface area contributed by atoms with E-state index in [9.17, 15) is 22.4 Å². The first-order valence-corrected chi connectivity index (χ1v) is 12.4. The van der Waals surface area contributed by atoms with E-state index in [0.29, 0.717) is 22.2 Å². The molecule has 1 saturated heterocycles. The summed E-state index contributed by atoms with van der Waals surface area (Å²) in [4.78, 5) is 31.7. The van der Waals surface area contributed by atoms with Crippen LogP contribution in [-0.4, -0.2) is 59.3 Å². The quantitative estimate of drug-likeness (QED) is 0.437. The fraction of sp³-hybridized carbons (Fsp3) is 0.160. The van der Waals surface area contributed by atoms with E-state index in [2.05, 4.69) is 4.98 Å². The van der Waals surface area contributed by atoms with Gasteiger partial charge in [0.1, 0.15) is 12.1 Å². The fourth-order valence-corrected chi connectivity index (χ4v) is 5.51. The molecular weight excluding hydrogens is 471 g/mol. The van der Waals surface area contributed by atoms with Crippen molar-refractivity contribution in [3.05, 3.63) is 101 Å². The highest BCUT2D eigenvalue weighted by Crippen LogP contribution is 2.19. The Morgan fingerprint density at radius 1 is 0.857 bits per heavy atom. The van der Waals surface area contributed by atoms with Gasteiger partial charge in [-0.2, -0.15) is 4.31 Å². The number of sulfonamides is 1. The van der Waals surface area contributed by atoms with Crippen molar-refractivity contribution in [2.24, 2.45) is 0 Å². The summed E-state index contributed by atoms with van der Waals surface area (Å²) >= 11 is 0. The number of rotatable bonds is 4. The van der Waals surface area contributed by atoms with Gasteiger partial charge in [-0.15, -0.1) is 0 Å². The van der Waals surface area contributed by atoms with Gasteiger partial charge in [-0.25, -0.2) is 17.8 Å². The summed E-state index contributed by atoms with van der Waals surface area (Å²) in [6, 6.07) is 18.4. The van der Waals surface area contributed by atoms with Crippen LogP contribution < -0.4 is 5.56 Å². The third kappa shape index (κ3) is 4.33. The maximum absolute atomic E-state index is 13.1. The van der Waals surface area contributed by atoms with Crippen LogP contribution >= 0.6 is 0 Å². The van der Waals surface area contributed by atoms with Crippen LogP contribution in [0.2, 0.25) is 0 Å². The molecule has 178 valence electrons. The Morgan fingerprint density at radius 3 is 2.20 bits per heavy atom. The smallest absolute Gasteiger partial charge is 0.265 e. The van der Waals surface area contributed by atoms with Crippen molar-refractivity contribution < 1.29 is 17.6 Å². The minimum atomic E-state index is -3.76. The van der Waals surface area contributed by atoms with Crippen LogP contribution in [0.15, 0.2) is 88.8 Å². The lowest BCUT2D eigenvalue weighted by Crippen LogP contribution is -2.50. The molecule has 3 aromatic carbocycles. The lowest BCUT2D eigenvalue weighted by atomic mass is 10.1. The fourth-order valence-electron chi connectivity index (χ4n) is 4.09. The number of fused-ring (bicyclic) bond motifs is 1. The summed E-state index contributed by atoms with van der Waals surface area (Å²) < 4.78 is 41.5. The molecular formula is C25H21FN4O4S. The maximum Gasteiger partial charge on any atom is 0.265 e. The molecule has 0 aliphatic carbocycles. The highest BCUT2D eigenvalue weighted by Gasteiger charge is 2.30. The van der Waals surface area contributed by atoms with Crippen LogP contribution in [-0.2, 0) is 10.0 Å². The zero-order chi connectivity index (χ0) is 24.6. The first kappa shape index (κ1) is 22.9. The summed E-state index contributed by atoms with van der Waals surface area (Å²) in [5.41, 5.74) is 1.43. The van der Waals surface area contributed by atoms with E-state index in [1.807, 2.05) is 6.07 Å². The van der Waals surface area contributed by atoms with Gasteiger partial charge in [-0.05, 0) is 60.7 Å². The molecule has 0 saturated carbocycles. The average Bonchev–Trinajstić information content (AvgIpc) is 2.89. The van der Waals surface area contributed by atoms with Crippen LogP contribution in [0.3, 0.4) is 0 Å². The van der Waals surface area contributed by atoms with Gasteiger partial charge in [0.05, 0.1) is 21.5 Å².